The molecule has 1 saturated heterocycles. The largest absolute Gasteiger partial charge is 0.394 e. The molecule has 0 aromatic heterocycles. The van der Waals surface area contributed by atoms with Gasteiger partial charge in [-0.3, -0.25) is 0 Å². The molecule has 4 N–H and O–H groups in total. The summed E-state index contributed by atoms with van der Waals surface area (Å²) in [7, 11) is 0. The lowest BCUT2D eigenvalue weighted by Crippen LogP contribution is -2.65. The zero-order chi connectivity index (χ0) is 16.2. The number of hydrogen-bond donors (Lipinski definition) is 4. The molecule has 1 aliphatic heterocycles. The van der Waals surface area contributed by atoms with Gasteiger partial charge in [-0.25, -0.2) is 0 Å². The fourth-order valence-electron chi connectivity index (χ4n) is 4.42. The van der Waals surface area contributed by atoms with Crippen LogP contribution in [-0.2, 0) is 9.47 Å². The molecular weight excluding hydrogens is 288 g/mol. The first kappa shape index (κ1) is 16.4. The summed E-state index contributed by atoms with van der Waals surface area (Å²) in [6, 6.07) is 0. The summed E-state index contributed by atoms with van der Waals surface area (Å²) in [5, 5.41) is 39.0. The minimum Gasteiger partial charge on any atom is -0.394 e. The molecule has 0 aromatic carbocycles. The molecule has 1 saturated carbocycles. The lowest BCUT2D eigenvalue weighted by Gasteiger charge is -2.62. The van der Waals surface area contributed by atoms with Gasteiger partial charge in [-0.2, -0.15) is 0 Å². The quantitative estimate of drug-likeness (QED) is 0.538. The van der Waals surface area contributed by atoms with E-state index in [4.69, 9.17) is 9.47 Å². The summed E-state index contributed by atoms with van der Waals surface area (Å²) in [5.41, 5.74) is 1.43. The monoisotopic (exact) mass is 314 g/mol. The van der Waals surface area contributed by atoms with Gasteiger partial charge >= 0.3 is 0 Å². The highest BCUT2D eigenvalue weighted by Crippen LogP contribution is 2.60. The van der Waals surface area contributed by atoms with Gasteiger partial charge in [-0.05, 0) is 24.7 Å². The standard InChI is InChI=1S/C16H26O6/c1-7-4-5-8-14(10(7)16(8,2)3)22-15-13(20)12(19)11(18)9(6-17)21-15/h4,8-15,17-20H,5-6H2,1-3H3/t8-,9+,10+,11+,12-,13+,14?,15-/m0/s1. The van der Waals surface area contributed by atoms with Crippen molar-refractivity contribution < 1.29 is 29.9 Å². The maximum Gasteiger partial charge on any atom is 0.187 e. The number of aliphatic hydroxyl groups is 4. The third-order valence-electron chi connectivity index (χ3n) is 5.81. The number of hydrogen-bond acceptors (Lipinski definition) is 6. The van der Waals surface area contributed by atoms with Crippen molar-refractivity contribution in [3.05, 3.63) is 11.6 Å². The fourth-order valence-corrected chi connectivity index (χ4v) is 4.42. The van der Waals surface area contributed by atoms with Crippen LogP contribution in [0.4, 0.5) is 0 Å². The third kappa shape index (κ3) is 2.25. The first-order valence-corrected chi connectivity index (χ1v) is 7.91. The summed E-state index contributed by atoms with van der Waals surface area (Å²) in [5.74, 6) is 0.604. The molecule has 1 heterocycles. The maximum atomic E-state index is 10.1. The van der Waals surface area contributed by atoms with E-state index < -0.39 is 37.3 Å². The Balaban J connectivity index is 1.73. The Hall–Kier alpha value is -0.500. The molecule has 6 heteroatoms. The highest BCUT2D eigenvalue weighted by atomic mass is 16.7. The summed E-state index contributed by atoms with van der Waals surface area (Å²) in [4.78, 5) is 0. The Kier molecular flexibility index (Phi) is 4.12. The summed E-state index contributed by atoms with van der Waals surface area (Å²) in [6.07, 6.45) is -2.93. The average molecular weight is 314 g/mol. The van der Waals surface area contributed by atoms with E-state index in [0.717, 1.165) is 6.42 Å². The van der Waals surface area contributed by atoms with Gasteiger partial charge in [0.1, 0.15) is 24.4 Å². The molecule has 4 aliphatic rings. The highest BCUT2D eigenvalue weighted by molar-refractivity contribution is 5.25. The van der Waals surface area contributed by atoms with Crippen LogP contribution in [0.2, 0.25) is 0 Å². The van der Waals surface area contributed by atoms with E-state index in [2.05, 4.69) is 26.8 Å². The first-order valence-electron chi connectivity index (χ1n) is 7.91. The van der Waals surface area contributed by atoms with E-state index >= 15 is 0 Å². The molecule has 126 valence electrons. The van der Waals surface area contributed by atoms with E-state index in [0.29, 0.717) is 5.92 Å². The van der Waals surface area contributed by atoms with Crippen LogP contribution in [-0.4, -0.2) is 63.8 Å². The Morgan fingerprint density at radius 1 is 1.23 bits per heavy atom. The molecule has 0 amide bonds. The van der Waals surface area contributed by atoms with Crippen molar-refractivity contribution in [3.63, 3.8) is 0 Å². The summed E-state index contributed by atoms with van der Waals surface area (Å²) in [6.45, 7) is 6.08. The van der Waals surface area contributed by atoms with Crippen LogP contribution in [0.25, 0.3) is 0 Å². The van der Waals surface area contributed by atoms with Crippen LogP contribution in [0.3, 0.4) is 0 Å². The lowest BCUT2D eigenvalue weighted by atomic mass is 9.47. The minimum absolute atomic E-state index is 0.0681. The number of aliphatic hydroxyl groups excluding tert-OH is 4. The average Bonchev–Trinajstić information content (AvgIpc) is 2.47. The maximum absolute atomic E-state index is 10.1. The molecule has 22 heavy (non-hydrogen) atoms. The zero-order valence-electron chi connectivity index (χ0n) is 13.2. The van der Waals surface area contributed by atoms with Crippen molar-refractivity contribution >= 4 is 0 Å². The van der Waals surface area contributed by atoms with Gasteiger partial charge in [-0.15, -0.1) is 0 Å². The predicted octanol–water partition coefficient (Wildman–Crippen LogP) is -0.206. The molecule has 3 aliphatic carbocycles. The number of ether oxygens (including phenoxy) is 2. The van der Waals surface area contributed by atoms with Crippen LogP contribution in [0.15, 0.2) is 11.6 Å². The Morgan fingerprint density at radius 2 is 1.91 bits per heavy atom. The van der Waals surface area contributed by atoms with Gasteiger partial charge in [0.05, 0.1) is 12.7 Å². The second-order valence-corrected chi connectivity index (χ2v) is 7.39. The zero-order valence-corrected chi connectivity index (χ0v) is 13.2. The first-order chi connectivity index (χ1) is 10.3. The van der Waals surface area contributed by atoms with Gasteiger partial charge in [0.15, 0.2) is 6.29 Å². The van der Waals surface area contributed by atoms with Crippen molar-refractivity contribution in [1.82, 2.24) is 0 Å². The van der Waals surface area contributed by atoms with E-state index in [-0.39, 0.29) is 17.4 Å². The molecule has 8 atom stereocenters. The normalized spacial score (nSPS) is 50.2. The number of rotatable bonds is 3. The van der Waals surface area contributed by atoms with Crippen LogP contribution >= 0.6 is 0 Å². The van der Waals surface area contributed by atoms with Crippen molar-refractivity contribution in [3.8, 4) is 0 Å². The SMILES string of the molecule is CC1=CC[C@H]2C(O[C@@H]3O[C@H](CO)[C@@H](O)[C@H](O)[C@H]3O)[C@@H]1C2(C)C. The summed E-state index contributed by atoms with van der Waals surface area (Å²) >= 11 is 0. The van der Waals surface area contributed by atoms with Gasteiger partial charge in [-0.1, -0.05) is 25.5 Å². The second kappa shape index (κ2) is 5.54. The van der Waals surface area contributed by atoms with Gasteiger partial charge in [0.25, 0.3) is 0 Å². The Labute approximate surface area is 130 Å². The Bertz CT molecular complexity index is 460. The molecule has 0 radical (unpaired) electrons. The summed E-state index contributed by atoms with van der Waals surface area (Å²) < 4.78 is 11.4. The topological polar surface area (TPSA) is 99.4 Å². The van der Waals surface area contributed by atoms with Crippen molar-refractivity contribution in [2.45, 2.75) is 64.0 Å². The smallest absolute Gasteiger partial charge is 0.187 e. The van der Waals surface area contributed by atoms with E-state index in [1.807, 2.05) is 0 Å². The van der Waals surface area contributed by atoms with Crippen molar-refractivity contribution in [2.24, 2.45) is 17.3 Å². The van der Waals surface area contributed by atoms with E-state index in [1.54, 1.807) is 0 Å². The minimum atomic E-state index is -1.39. The molecular formula is C16H26O6. The van der Waals surface area contributed by atoms with Gasteiger partial charge < -0.3 is 29.9 Å². The molecule has 4 rings (SSSR count). The third-order valence-corrected chi connectivity index (χ3v) is 5.81. The van der Waals surface area contributed by atoms with E-state index in [9.17, 15) is 20.4 Å². The van der Waals surface area contributed by atoms with Crippen molar-refractivity contribution in [1.29, 1.82) is 0 Å². The predicted molar refractivity (Wildman–Crippen MR) is 77.8 cm³/mol. The molecule has 0 aromatic rings. The van der Waals surface area contributed by atoms with Crippen molar-refractivity contribution in [2.75, 3.05) is 6.61 Å². The van der Waals surface area contributed by atoms with Crippen LogP contribution < -0.4 is 0 Å². The Morgan fingerprint density at radius 3 is 2.45 bits per heavy atom. The molecule has 2 fully saturated rings. The van der Waals surface area contributed by atoms with Crippen LogP contribution in [0, 0.1) is 17.3 Å². The van der Waals surface area contributed by atoms with Gasteiger partial charge in [0, 0.05) is 5.92 Å². The van der Waals surface area contributed by atoms with Gasteiger partial charge in [0.2, 0.25) is 0 Å². The highest BCUT2D eigenvalue weighted by Gasteiger charge is 2.60. The molecule has 6 nitrogen and oxygen atoms in total. The molecule has 0 spiro atoms. The second-order valence-electron chi connectivity index (χ2n) is 7.39. The fraction of sp³-hybridized carbons (Fsp3) is 0.875. The van der Waals surface area contributed by atoms with Crippen LogP contribution in [0.5, 0.6) is 0 Å². The van der Waals surface area contributed by atoms with Crippen LogP contribution in [0.1, 0.15) is 27.2 Å². The molecule has 1 unspecified atom stereocenters. The number of allylic oxidation sites excluding steroid dienone is 1. The molecule has 2 bridgehead atoms. The lowest BCUT2D eigenvalue weighted by molar-refractivity contribution is -0.339. The number of fused-ring (bicyclic) bond motifs is 1. The van der Waals surface area contributed by atoms with E-state index in [1.165, 1.54) is 5.57 Å².